The van der Waals surface area contributed by atoms with Crippen molar-refractivity contribution in [3.63, 3.8) is 0 Å². The third-order valence-corrected chi connectivity index (χ3v) is 7.24. The molecule has 10 heteroatoms. The van der Waals surface area contributed by atoms with E-state index >= 15 is 0 Å². The van der Waals surface area contributed by atoms with Crippen molar-refractivity contribution in [1.29, 1.82) is 0 Å². The van der Waals surface area contributed by atoms with E-state index in [9.17, 15) is 18.0 Å². The lowest BCUT2D eigenvalue weighted by Gasteiger charge is -2.30. The van der Waals surface area contributed by atoms with Gasteiger partial charge in [0.15, 0.2) is 0 Å². The summed E-state index contributed by atoms with van der Waals surface area (Å²) in [4.78, 5) is 26.1. The number of esters is 1. The number of hydrogen-bond acceptors (Lipinski definition) is 6. The van der Waals surface area contributed by atoms with E-state index < -0.39 is 21.9 Å². The zero-order valence-corrected chi connectivity index (χ0v) is 19.2. The largest absolute Gasteiger partial charge is 0.465 e. The van der Waals surface area contributed by atoms with Gasteiger partial charge in [-0.1, -0.05) is 18.5 Å². The smallest absolute Gasteiger partial charge is 0.325 e. The van der Waals surface area contributed by atoms with E-state index in [2.05, 4.69) is 0 Å². The summed E-state index contributed by atoms with van der Waals surface area (Å²) >= 11 is 6.20. The molecule has 1 heterocycles. The van der Waals surface area contributed by atoms with Gasteiger partial charge in [-0.15, -0.1) is 0 Å². The lowest BCUT2D eigenvalue weighted by molar-refractivity contribution is -0.143. The molecule has 0 radical (unpaired) electrons. The molecule has 168 valence electrons. The Morgan fingerprint density at radius 3 is 2.70 bits per heavy atom. The fourth-order valence-corrected chi connectivity index (χ4v) is 5.44. The van der Waals surface area contributed by atoms with Crippen LogP contribution in [0.2, 0.25) is 5.02 Å². The SMILES string of the molecule is CCOC(=O)CN(CCOC)C(=O)c1ccc(Cl)c(S(=O)(=O)N2CCCC(C)C2)c1. The molecule has 0 aliphatic carbocycles. The maximum atomic E-state index is 13.2. The van der Waals surface area contributed by atoms with Gasteiger partial charge in [-0.05, 0) is 43.9 Å². The number of benzene rings is 1. The van der Waals surface area contributed by atoms with E-state index in [1.165, 1.54) is 34.5 Å². The summed E-state index contributed by atoms with van der Waals surface area (Å²) < 4.78 is 37.7. The second-order valence-corrected chi connectivity index (χ2v) is 9.59. The maximum Gasteiger partial charge on any atom is 0.325 e. The van der Waals surface area contributed by atoms with Crippen LogP contribution in [-0.2, 0) is 24.3 Å². The van der Waals surface area contributed by atoms with Crippen LogP contribution in [-0.4, -0.2) is 76.0 Å². The Bertz CT molecular complexity index is 861. The van der Waals surface area contributed by atoms with E-state index in [4.69, 9.17) is 21.1 Å². The summed E-state index contributed by atoms with van der Waals surface area (Å²) in [5.74, 6) is -0.794. The molecule has 1 amide bonds. The molecule has 1 aromatic rings. The number of carbonyl (C=O) groups excluding carboxylic acids is 2. The van der Waals surface area contributed by atoms with Crippen molar-refractivity contribution in [2.75, 3.05) is 46.5 Å². The molecular formula is C20H29ClN2O6S. The highest BCUT2D eigenvalue weighted by Crippen LogP contribution is 2.29. The van der Waals surface area contributed by atoms with Crippen molar-refractivity contribution in [2.45, 2.75) is 31.6 Å². The maximum absolute atomic E-state index is 13.2. The van der Waals surface area contributed by atoms with Crippen molar-refractivity contribution in [3.8, 4) is 0 Å². The molecule has 30 heavy (non-hydrogen) atoms. The van der Waals surface area contributed by atoms with E-state index in [0.29, 0.717) is 13.1 Å². The number of halogens is 1. The van der Waals surface area contributed by atoms with Crippen molar-refractivity contribution in [2.24, 2.45) is 5.92 Å². The van der Waals surface area contributed by atoms with Crippen molar-refractivity contribution in [1.82, 2.24) is 9.21 Å². The van der Waals surface area contributed by atoms with E-state index in [0.717, 1.165) is 12.8 Å². The van der Waals surface area contributed by atoms with Gasteiger partial charge in [0.05, 0.1) is 18.2 Å². The molecule has 1 aromatic carbocycles. The number of amides is 1. The Morgan fingerprint density at radius 2 is 2.07 bits per heavy atom. The first-order chi connectivity index (χ1) is 14.2. The number of carbonyl (C=O) groups is 2. The molecule has 1 aliphatic rings. The molecule has 1 fully saturated rings. The standard InChI is InChI=1S/C20H29ClN2O6S/c1-4-29-19(24)14-22(10-11-28-3)20(25)16-7-8-17(21)18(12-16)30(26,27)23-9-5-6-15(2)13-23/h7-8,12,15H,4-6,9-11,13-14H2,1-3H3. The van der Waals surface area contributed by atoms with Crippen molar-refractivity contribution in [3.05, 3.63) is 28.8 Å². The molecule has 2 rings (SSSR count). The van der Waals surface area contributed by atoms with Gasteiger partial charge in [-0.3, -0.25) is 9.59 Å². The van der Waals surface area contributed by atoms with Crippen LogP contribution in [0.25, 0.3) is 0 Å². The number of nitrogens with zero attached hydrogens (tertiary/aromatic N) is 2. The summed E-state index contributed by atoms with van der Waals surface area (Å²) in [6.07, 6.45) is 1.75. The summed E-state index contributed by atoms with van der Waals surface area (Å²) in [6, 6.07) is 4.13. The molecule has 0 bridgehead atoms. The summed E-state index contributed by atoms with van der Waals surface area (Å²) in [6.45, 7) is 4.83. The van der Waals surface area contributed by atoms with Crippen LogP contribution >= 0.6 is 11.6 Å². The molecule has 0 aromatic heterocycles. The first kappa shape index (κ1) is 24.6. The molecule has 8 nitrogen and oxygen atoms in total. The van der Waals surface area contributed by atoms with Crippen LogP contribution < -0.4 is 0 Å². The average molecular weight is 461 g/mol. The lowest BCUT2D eigenvalue weighted by atomic mass is 10.0. The highest BCUT2D eigenvalue weighted by molar-refractivity contribution is 7.89. The first-order valence-corrected chi connectivity index (χ1v) is 11.8. The molecule has 0 N–H and O–H groups in total. The minimum Gasteiger partial charge on any atom is -0.465 e. The fourth-order valence-electron chi connectivity index (χ4n) is 3.34. The number of ether oxygens (including phenoxy) is 2. The van der Waals surface area contributed by atoms with E-state index in [1.54, 1.807) is 6.92 Å². The topological polar surface area (TPSA) is 93.2 Å². The highest BCUT2D eigenvalue weighted by atomic mass is 35.5. The number of rotatable bonds is 9. The van der Waals surface area contributed by atoms with Gasteiger partial charge in [0, 0.05) is 32.3 Å². The van der Waals surface area contributed by atoms with Gasteiger partial charge in [0.2, 0.25) is 10.0 Å². The molecule has 0 saturated carbocycles. The van der Waals surface area contributed by atoms with Crippen LogP contribution in [0.4, 0.5) is 0 Å². The minimum atomic E-state index is -3.84. The second-order valence-electron chi connectivity index (χ2n) is 7.28. The minimum absolute atomic E-state index is 0.0543. The Balaban J connectivity index is 2.32. The molecule has 1 atom stereocenters. The van der Waals surface area contributed by atoms with Crippen molar-refractivity contribution < 1.29 is 27.5 Å². The molecule has 1 saturated heterocycles. The van der Waals surface area contributed by atoms with Crippen molar-refractivity contribution >= 4 is 33.5 Å². The lowest BCUT2D eigenvalue weighted by Crippen LogP contribution is -2.40. The summed E-state index contributed by atoms with van der Waals surface area (Å²) in [5.41, 5.74) is 0.128. The zero-order chi connectivity index (χ0) is 22.3. The highest BCUT2D eigenvalue weighted by Gasteiger charge is 2.31. The quantitative estimate of drug-likeness (QED) is 0.525. The number of piperidine rings is 1. The van der Waals surface area contributed by atoms with Crippen LogP contribution in [0.1, 0.15) is 37.0 Å². The molecule has 0 spiro atoms. The Labute approximate surface area is 183 Å². The number of methoxy groups -OCH3 is 1. The van der Waals surface area contributed by atoms with Gasteiger partial charge >= 0.3 is 5.97 Å². The van der Waals surface area contributed by atoms with Gasteiger partial charge < -0.3 is 14.4 Å². The predicted molar refractivity (Wildman–Crippen MR) is 113 cm³/mol. The average Bonchev–Trinajstić information content (AvgIpc) is 2.71. The van der Waals surface area contributed by atoms with Gasteiger partial charge in [0.25, 0.3) is 5.91 Å². The van der Waals surface area contributed by atoms with Crippen LogP contribution in [0.15, 0.2) is 23.1 Å². The second kappa shape index (κ2) is 11.1. The summed E-state index contributed by atoms with van der Waals surface area (Å²) in [7, 11) is -2.36. The zero-order valence-electron chi connectivity index (χ0n) is 17.6. The van der Waals surface area contributed by atoms with E-state index in [-0.39, 0.29) is 47.7 Å². The number of hydrogen-bond donors (Lipinski definition) is 0. The Morgan fingerprint density at radius 1 is 1.33 bits per heavy atom. The molecule has 1 unspecified atom stereocenters. The number of sulfonamides is 1. The normalized spacial score (nSPS) is 17.5. The van der Waals surface area contributed by atoms with Crippen LogP contribution in [0.5, 0.6) is 0 Å². The Hall–Kier alpha value is -1.68. The third kappa shape index (κ3) is 6.16. The van der Waals surface area contributed by atoms with Gasteiger partial charge in [-0.2, -0.15) is 4.31 Å². The first-order valence-electron chi connectivity index (χ1n) is 9.94. The van der Waals surface area contributed by atoms with Crippen LogP contribution in [0.3, 0.4) is 0 Å². The fraction of sp³-hybridized carbons (Fsp3) is 0.600. The van der Waals surface area contributed by atoms with Gasteiger partial charge in [0.1, 0.15) is 11.4 Å². The van der Waals surface area contributed by atoms with Crippen LogP contribution in [0, 0.1) is 5.92 Å². The molecular weight excluding hydrogens is 432 g/mol. The van der Waals surface area contributed by atoms with Gasteiger partial charge in [-0.25, -0.2) is 8.42 Å². The third-order valence-electron chi connectivity index (χ3n) is 4.89. The van der Waals surface area contributed by atoms with E-state index in [1.807, 2.05) is 6.92 Å². The Kier molecular flexibility index (Phi) is 9.09. The monoisotopic (exact) mass is 460 g/mol. The summed E-state index contributed by atoms with van der Waals surface area (Å²) in [5, 5.41) is 0.0543. The predicted octanol–water partition coefficient (Wildman–Crippen LogP) is 2.41. The molecule has 1 aliphatic heterocycles.